The number of carbonyl (C=O) groups excluding carboxylic acids is 2. The Balaban J connectivity index is 1.59. The van der Waals surface area contributed by atoms with E-state index in [9.17, 15) is 28.4 Å². The van der Waals surface area contributed by atoms with Crippen molar-refractivity contribution >= 4 is 22.0 Å². The van der Waals surface area contributed by atoms with Gasteiger partial charge in [-0.15, -0.1) is 0 Å². The summed E-state index contributed by atoms with van der Waals surface area (Å²) < 4.78 is 28.8. The minimum Gasteiger partial charge on any atom is -0.390 e. The van der Waals surface area contributed by atoms with Crippen LogP contribution in [-0.2, 0) is 27.8 Å². The maximum absolute atomic E-state index is 14.2. The highest BCUT2D eigenvalue weighted by atomic mass is 32.2. The third-order valence-electron chi connectivity index (χ3n) is 8.68. The summed E-state index contributed by atoms with van der Waals surface area (Å²) in [6, 6.07) is 18.9. The van der Waals surface area contributed by atoms with Crippen molar-refractivity contribution in [3.63, 3.8) is 0 Å². The van der Waals surface area contributed by atoms with Crippen LogP contribution in [0, 0.1) is 23.2 Å². The van der Waals surface area contributed by atoms with Crippen LogP contribution in [0.15, 0.2) is 84.0 Å². The summed E-state index contributed by atoms with van der Waals surface area (Å²) in [5, 5.41) is 24.0. The summed E-state index contributed by atoms with van der Waals surface area (Å²) in [5.74, 6) is -0.639. The van der Waals surface area contributed by atoms with E-state index in [1.165, 1.54) is 28.6 Å². The Bertz CT molecular complexity index is 1650. The number of nitrogens with zero attached hydrogens (tertiary/aromatic N) is 5. The molecule has 256 valence electrons. The molecule has 12 heteroatoms. The first kappa shape index (κ1) is 36.5. The molecule has 0 radical (unpaired) electrons. The molecule has 0 aliphatic carbocycles. The number of benzene rings is 2. The summed E-state index contributed by atoms with van der Waals surface area (Å²) >= 11 is 0. The lowest BCUT2D eigenvalue weighted by molar-refractivity contribution is -0.128. The molecule has 0 spiro atoms. The van der Waals surface area contributed by atoms with Crippen molar-refractivity contribution in [1.29, 1.82) is 5.26 Å². The topological polar surface area (TPSA) is 147 Å². The molecule has 1 aliphatic rings. The molecule has 2 N–H and O–H groups in total. The smallest absolute Gasteiger partial charge is 0.321 e. The van der Waals surface area contributed by atoms with Crippen LogP contribution < -0.4 is 5.32 Å². The Morgan fingerprint density at radius 2 is 1.71 bits per heavy atom. The number of nitrogens with one attached hydrogen (secondary N) is 1. The molecule has 1 saturated heterocycles. The number of aliphatic hydroxyl groups is 1. The predicted molar refractivity (Wildman–Crippen MR) is 183 cm³/mol. The van der Waals surface area contributed by atoms with Gasteiger partial charge in [0, 0.05) is 45.1 Å². The molecule has 3 aromatic rings. The number of hydrogen-bond acceptors (Lipinski definition) is 7. The number of aromatic nitrogens is 1. The fourth-order valence-corrected chi connectivity index (χ4v) is 7.55. The highest BCUT2D eigenvalue weighted by molar-refractivity contribution is 7.89. The van der Waals surface area contributed by atoms with E-state index in [0.29, 0.717) is 31.6 Å². The van der Waals surface area contributed by atoms with E-state index in [4.69, 9.17) is 0 Å². The normalized spacial score (nSPS) is 16.1. The lowest BCUT2D eigenvalue weighted by Gasteiger charge is -2.35. The van der Waals surface area contributed by atoms with Crippen molar-refractivity contribution in [1.82, 2.24) is 24.4 Å². The highest BCUT2D eigenvalue weighted by Gasteiger charge is 2.41. The van der Waals surface area contributed by atoms with Gasteiger partial charge in [-0.05, 0) is 59.7 Å². The summed E-state index contributed by atoms with van der Waals surface area (Å²) in [4.78, 5) is 35.3. The molecule has 2 heterocycles. The molecule has 4 atom stereocenters. The monoisotopic (exact) mass is 674 g/mol. The molecule has 11 nitrogen and oxygen atoms in total. The molecular weight excluding hydrogens is 628 g/mol. The fourth-order valence-electron chi connectivity index (χ4n) is 5.93. The van der Waals surface area contributed by atoms with E-state index < -0.39 is 34.1 Å². The standard InChI is InChI=1S/C36H46N6O5S/c1-5-27(4)34(42-19-18-40(36(42)45)24-30-12-9-17-38-22-30)35(44)39-32(20-28-10-7-6-8-11-28)33(43)25-41(23-26(2)3)48(46,47)31-15-13-29(21-37)14-16-31/h6-17,22,26-27,32-34,43H,5,18-20,23-25H2,1-4H3,(H,39,44)/t27-,32-,33-,34-/m0/s1. The zero-order valence-corrected chi connectivity index (χ0v) is 28.9. The van der Waals surface area contributed by atoms with Crippen molar-refractivity contribution < 1.29 is 23.1 Å². The van der Waals surface area contributed by atoms with Gasteiger partial charge in [0.15, 0.2) is 0 Å². The zero-order valence-electron chi connectivity index (χ0n) is 28.1. The molecule has 3 amide bonds. The van der Waals surface area contributed by atoms with Gasteiger partial charge in [0.05, 0.1) is 28.7 Å². The van der Waals surface area contributed by atoms with E-state index in [2.05, 4.69) is 10.3 Å². The average molecular weight is 675 g/mol. The molecule has 48 heavy (non-hydrogen) atoms. The van der Waals surface area contributed by atoms with E-state index >= 15 is 0 Å². The van der Waals surface area contributed by atoms with Gasteiger partial charge >= 0.3 is 6.03 Å². The van der Waals surface area contributed by atoms with Crippen molar-refractivity contribution in [2.75, 3.05) is 26.2 Å². The average Bonchev–Trinajstić information content (AvgIpc) is 3.43. The van der Waals surface area contributed by atoms with Crippen LogP contribution in [0.2, 0.25) is 0 Å². The maximum atomic E-state index is 14.2. The van der Waals surface area contributed by atoms with Gasteiger partial charge in [-0.25, -0.2) is 13.2 Å². The largest absolute Gasteiger partial charge is 0.390 e. The number of nitriles is 1. The number of hydrogen-bond donors (Lipinski definition) is 2. The van der Waals surface area contributed by atoms with Crippen LogP contribution in [0.4, 0.5) is 4.79 Å². The second kappa shape index (κ2) is 16.7. The second-order valence-corrected chi connectivity index (χ2v) is 14.8. The van der Waals surface area contributed by atoms with E-state index in [1.54, 1.807) is 22.2 Å². The predicted octanol–water partition coefficient (Wildman–Crippen LogP) is 4.04. The summed E-state index contributed by atoms with van der Waals surface area (Å²) in [7, 11) is -4.05. The maximum Gasteiger partial charge on any atom is 0.321 e. The van der Waals surface area contributed by atoms with Crippen LogP contribution in [0.5, 0.6) is 0 Å². The Kier molecular flexibility index (Phi) is 12.7. The van der Waals surface area contributed by atoms with Gasteiger partial charge in [0.25, 0.3) is 0 Å². The molecule has 2 aromatic carbocycles. The third-order valence-corrected chi connectivity index (χ3v) is 10.5. The van der Waals surface area contributed by atoms with Gasteiger partial charge in [0.2, 0.25) is 15.9 Å². The van der Waals surface area contributed by atoms with Crippen LogP contribution in [-0.4, -0.2) is 88.9 Å². The molecule has 0 bridgehead atoms. The third kappa shape index (κ3) is 9.18. The Labute approximate surface area is 284 Å². The van der Waals surface area contributed by atoms with Gasteiger partial charge in [0.1, 0.15) is 6.04 Å². The molecule has 1 aliphatic heterocycles. The van der Waals surface area contributed by atoms with E-state index in [0.717, 1.165) is 11.1 Å². The first-order chi connectivity index (χ1) is 22.9. The Morgan fingerprint density at radius 3 is 2.31 bits per heavy atom. The molecule has 4 rings (SSSR count). The quantitative estimate of drug-likeness (QED) is 0.233. The van der Waals surface area contributed by atoms with Crippen LogP contribution in [0.25, 0.3) is 0 Å². The second-order valence-electron chi connectivity index (χ2n) is 12.8. The number of urea groups is 1. The van der Waals surface area contributed by atoms with Crippen LogP contribution in [0.1, 0.15) is 50.8 Å². The SMILES string of the molecule is CC[C@H](C)[C@@H](C(=O)N[C@@H](Cc1ccccc1)[C@@H](O)CN(CC(C)C)S(=O)(=O)c1ccc(C#N)cc1)N1CCN(Cc2cccnc2)C1=O. The fraction of sp³-hybridized carbons (Fsp3) is 0.444. The molecule has 1 fully saturated rings. The van der Waals surface area contributed by atoms with Gasteiger partial charge < -0.3 is 20.2 Å². The molecule has 0 unspecified atom stereocenters. The van der Waals surface area contributed by atoms with Gasteiger partial charge in [-0.1, -0.05) is 70.5 Å². The summed E-state index contributed by atoms with van der Waals surface area (Å²) in [6.07, 6.45) is 3.00. The number of carbonyl (C=O) groups is 2. The van der Waals surface area contributed by atoms with Crippen molar-refractivity contribution in [3.8, 4) is 6.07 Å². The number of rotatable bonds is 16. The molecule has 0 saturated carbocycles. The lowest BCUT2D eigenvalue weighted by atomic mass is 9.95. The number of amides is 3. The van der Waals surface area contributed by atoms with Crippen LogP contribution >= 0.6 is 0 Å². The van der Waals surface area contributed by atoms with Crippen molar-refractivity contribution in [2.24, 2.45) is 11.8 Å². The van der Waals surface area contributed by atoms with E-state index in [-0.39, 0.29) is 42.3 Å². The highest BCUT2D eigenvalue weighted by Crippen LogP contribution is 2.24. The number of aliphatic hydroxyl groups excluding tert-OH is 1. The first-order valence-electron chi connectivity index (χ1n) is 16.4. The minimum absolute atomic E-state index is 0.0122. The van der Waals surface area contributed by atoms with E-state index in [1.807, 2.05) is 76.2 Å². The number of sulfonamides is 1. The van der Waals surface area contributed by atoms with Crippen molar-refractivity contribution in [2.45, 2.75) is 70.2 Å². The Hall–Kier alpha value is -4.31. The molecular formula is C36H46N6O5S. The van der Waals surface area contributed by atoms with Gasteiger partial charge in [-0.3, -0.25) is 9.78 Å². The number of pyridine rings is 1. The van der Waals surface area contributed by atoms with Gasteiger partial charge in [-0.2, -0.15) is 9.57 Å². The lowest BCUT2D eigenvalue weighted by Crippen LogP contribution is -2.57. The summed E-state index contributed by atoms with van der Waals surface area (Å²) in [5.41, 5.74) is 2.08. The zero-order chi connectivity index (χ0) is 34.8. The minimum atomic E-state index is -4.05. The summed E-state index contributed by atoms with van der Waals surface area (Å²) in [6.45, 7) is 8.75. The first-order valence-corrected chi connectivity index (χ1v) is 17.9. The van der Waals surface area contributed by atoms with Crippen LogP contribution in [0.3, 0.4) is 0 Å². The van der Waals surface area contributed by atoms with Crippen molar-refractivity contribution in [3.05, 3.63) is 95.8 Å². The molecule has 1 aromatic heterocycles. The Morgan fingerprint density at radius 1 is 1.02 bits per heavy atom.